The minimum absolute atomic E-state index is 0.0886. The van der Waals surface area contributed by atoms with E-state index in [1.807, 2.05) is 12.3 Å². The molecule has 0 aromatic carbocycles. The minimum atomic E-state index is -0.389. The predicted molar refractivity (Wildman–Crippen MR) is 132 cm³/mol. The zero-order chi connectivity index (χ0) is 23.9. The maximum Gasteiger partial charge on any atom is 0.263 e. The van der Waals surface area contributed by atoms with Crippen molar-refractivity contribution >= 4 is 40.3 Å². The number of anilines is 3. The fraction of sp³-hybridized carbons (Fsp3) is 0.348. The number of pyridine rings is 1. The van der Waals surface area contributed by atoms with E-state index in [2.05, 4.69) is 45.9 Å². The van der Waals surface area contributed by atoms with E-state index in [9.17, 15) is 4.79 Å². The maximum atomic E-state index is 13.2. The van der Waals surface area contributed by atoms with Crippen LogP contribution in [0.4, 0.5) is 17.2 Å². The van der Waals surface area contributed by atoms with Crippen molar-refractivity contribution in [3.8, 4) is 0 Å². The Balaban J connectivity index is 1.16. The van der Waals surface area contributed by atoms with E-state index >= 15 is 0 Å². The molecule has 0 aliphatic carbocycles. The van der Waals surface area contributed by atoms with E-state index in [1.165, 1.54) is 10.7 Å². The lowest BCUT2D eigenvalue weighted by atomic mass is 10.0. The van der Waals surface area contributed by atoms with Crippen LogP contribution in [0.1, 0.15) is 29.0 Å². The van der Waals surface area contributed by atoms with Crippen LogP contribution in [0.25, 0.3) is 5.65 Å². The van der Waals surface area contributed by atoms with Crippen molar-refractivity contribution < 1.29 is 4.79 Å². The molecule has 0 radical (unpaired) electrons. The monoisotopic (exact) mass is 492 g/mol. The topological polar surface area (TPSA) is 122 Å². The van der Waals surface area contributed by atoms with Crippen LogP contribution in [0.3, 0.4) is 0 Å². The van der Waals surface area contributed by atoms with Gasteiger partial charge in [0, 0.05) is 57.0 Å². The van der Waals surface area contributed by atoms with Gasteiger partial charge in [0.15, 0.2) is 11.5 Å². The first-order chi connectivity index (χ1) is 17.1. The molecule has 2 aliphatic heterocycles. The largest absolute Gasteiger partial charge is 0.381 e. The summed E-state index contributed by atoms with van der Waals surface area (Å²) in [5, 5.41) is 7.53. The number of piperidine rings is 1. The molecule has 1 fully saturated rings. The van der Waals surface area contributed by atoms with Gasteiger partial charge in [0.1, 0.15) is 11.4 Å². The molecular formula is C23H25ClN10O. The number of hydrogen-bond donors (Lipinski definition) is 2. The van der Waals surface area contributed by atoms with Gasteiger partial charge in [-0.3, -0.25) is 14.7 Å². The highest BCUT2D eigenvalue weighted by Crippen LogP contribution is 2.30. The fourth-order valence-corrected chi connectivity index (χ4v) is 5.21. The van der Waals surface area contributed by atoms with Crippen LogP contribution in [-0.2, 0) is 13.1 Å². The number of nitrogens with one attached hydrogen (secondary N) is 1. The van der Waals surface area contributed by atoms with E-state index < -0.39 is 0 Å². The summed E-state index contributed by atoms with van der Waals surface area (Å²) in [7, 11) is 0. The Bertz CT molecular complexity index is 1390. The Morgan fingerprint density at radius 1 is 1.11 bits per heavy atom. The Morgan fingerprint density at radius 2 is 1.97 bits per heavy atom. The Morgan fingerprint density at radius 3 is 2.83 bits per heavy atom. The molecule has 2 aliphatic rings. The summed E-state index contributed by atoms with van der Waals surface area (Å²) in [5.41, 5.74) is 8.15. The van der Waals surface area contributed by atoms with Crippen molar-refractivity contribution in [3.63, 3.8) is 0 Å². The third kappa shape index (κ3) is 4.06. The second-order valence-corrected chi connectivity index (χ2v) is 9.31. The van der Waals surface area contributed by atoms with Crippen LogP contribution in [-0.4, -0.2) is 65.6 Å². The van der Waals surface area contributed by atoms with Gasteiger partial charge in [-0.2, -0.15) is 0 Å². The highest BCUT2D eigenvalue weighted by molar-refractivity contribution is 6.30. The molecule has 0 unspecified atom stereocenters. The van der Waals surface area contributed by atoms with Crippen molar-refractivity contribution in [2.45, 2.75) is 32.0 Å². The lowest BCUT2D eigenvalue weighted by molar-refractivity contribution is 0.102. The molecule has 1 amide bonds. The molecule has 0 saturated carbocycles. The molecule has 180 valence electrons. The van der Waals surface area contributed by atoms with Gasteiger partial charge < -0.3 is 20.5 Å². The number of hydrogen-bond acceptors (Lipinski definition) is 8. The lowest BCUT2D eigenvalue weighted by Crippen LogP contribution is -2.47. The number of nitrogen functional groups attached to an aromatic ring is 1. The van der Waals surface area contributed by atoms with E-state index in [4.69, 9.17) is 17.3 Å². The van der Waals surface area contributed by atoms with Gasteiger partial charge in [-0.15, -0.1) is 5.10 Å². The van der Waals surface area contributed by atoms with E-state index in [-0.39, 0.29) is 17.3 Å². The maximum absolute atomic E-state index is 13.2. The summed E-state index contributed by atoms with van der Waals surface area (Å²) in [6, 6.07) is 2.46. The SMILES string of the molecule is Nc1nn2cc(Cl)cnc2c1C(=O)Nc1cnccc1N1CCC(N2CCn3ccnc3C2)CC1. The number of nitrogens with zero attached hydrogens (tertiary/aromatic N) is 8. The third-order valence-corrected chi connectivity index (χ3v) is 7.03. The number of aromatic nitrogens is 6. The van der Waals surface area contributed by atoms with Crippen LogP contribution in [0.5, 0.6) is 0 Å². The highest BCUT2D eigenvalue weighted by Gasteiger charge is 2.29. The molecule has 0 bridgehead atoms. The van der Waals surface area contributed by atoms with Crippen molar-refractivity contribution in [1.29, 1.82) is 0 Å². The van der Waals surface area contributed by atoms with E-state index in [0.29, 0.717) is 22.4 Å². The van der Waals surface area contributed by atoms with Gasteiger partial charge in [-0.1, -0.05) is 11.6 Å². The molecule has 6 rings (SSSR count). The number of carbonyl (C=O) groups excluding carboxylic acids is 1. The van der Waals surface area contributed by atoms with Gasteiger partial charge >= 0.3 is 0 Å². The van der Waals surface area contributed by atoms with Crippen LogP contribution < -0.4 is 16.0 Å². The molecule has 0 atom stereocenters. The number of halogens is 1. The molecule has 12 heteroatoms. The Hall–Kier alpha value is -3.70. The first kappa shape index (κ1) is 21.8. The summed E-state index contributed by atoms with van der Waals surface area (Å²) in [6.07, 6.45) is 12.5. The minimum Gasteiger partial charge on any atom is -0.381 e. The molecule has 3 N–H and O–H groups in total. The second kappa shape index (κ2) is 8.82. The first-order valence-electron chi connectivity index (χ1n) is 11.6. The quantitative estimate of drug-likeness (QED) is 0.445. The fourth-order valence-electron chi connectivity index (χ4n) is 5.07. The average molecular weight is 493 g/mol. The van der Waals surface area contributed by atoms with Gasteiger partial charge in [-0.25, -0.2) is 14.5 Å². The predicted octanol–water partition coefficient (Wildman–Crippen LogP) is 2.29. The van der Waals surface area contributed by atoms with Gasteiger partial charge in [0.05, 0.1) is 35.3 Å². The highest BCUT2D eigenvalue weighted by atomic mass is 35.5. The molecule has 6 heterocycles. The van der Waals surface area contributed by atoms with Gasteiger partial charge in [-0.05, 0) is 18.9 Å². The standard InChI is InChI=1S/C23H25ClN10O/c24-15-11-28-22-20(21(25)30-34(22)13-15)23(35)29-17-12-26-4-1-18(17)31-6-2-16(3-7-31)33-10-9-32-8-5-27-19(32)14-33/h1,4-5,8,11-13,16H,2-3,6-7,9-10,14H2,(H2,25,30)(H,29,35). The zero-order valence-corrected chi connectivity index (χ0v) is 19.8. The Labute approximate surface area is 206 Å². The Kier molecular flexibility index (Phi) is 5.50. The van der Waals surface area contributed by atoms with E-state index in [0.717, 1.165) is 57.1 Å². The molecule has 35 heavy (non-hydrogen) atoms. The van der Waals surface area contributed by atoms with Crippen molar-refractivity contribution in [1.82, 2.24) is 34.0 Å². The second-order valence-electron chi connectivity index (χ2n) is 8.87. The molecule has 4 aromatic rings. The number of imidazole rings is 1. The number of amides is 1. The van der Waals surface area contributed by atoms with Crippen molar-refractivity contribution in [3.05, 3.63) is 59.7 Å². The number of fused-ring (bicyclic) bond motifs is 2. The normalized spacial score (nSPS) is 17.0. The molecule has 4 aromatic heterocycles. The lowest BCUT2D eigenvalue weighted by Gasteiger charge is -2.41. The van der Waals surface area contributed by atoms with Crippen molar-refractivity contribution in [2.24, 2.45) is 0 Å². The summed E-state index contributed by atoms with van der Waals surface area (Å²) in [5.74, 6) is 0.840. The summed E-state index contributed by atoms with van der Waals surface area (Å²) >= 11 is 5.99. The summed E-state index contributed by atoms with van der Waals surface area (Å²) < 4.78 is 3.65. The number of carbonyl (C=O) groups is 1. The van der Waals surface area contributed by atoms with Crippen LogP contribution in [0, 0.1) is 0 Å². The van der Waals surface area contributed by atoms with Gasteiger partial charge in [0.25, 0.3) is 5.91 Å². The summed E-state index contributed by atoms with van der Waals surface area (Å²) in [6.45, 7) is 4.71. The van der Waals surface area contributed by atoms with Crippen LogP contribution in [0.2, 0.25) is 5.02 Å². The van der Waals surface area contributed by atoms with Crippen LogP contribution >= 0.6 is 11.6 Å². The number of nitrogens with two attached hydrogens (primary N) is 1. The molecule has 0 spiro atoms. The van der Waals surface area contributed by atoms with Crippen molar-refractivity contribution in [2.75, 3.05) is 35.6 Å². The average Bonchev–Trinajstić information content (AvgIpc) is 3.47. The van der Waals surface area contributed by atoms with Crippen LogP contribution in [0.15, 0.2) is 43.2 Å². The molecule has 1 saturated heterocycles. The summed E-state index contributed by atoms with van der Waals surface area (Å²) in [4.78, 5) is 31.0. The zero-order valence-electron chi connectivity index (χ0n) is 19.0. The first-order valence-corrected chi connectivity index (χ1v) is 12.0. The molecular weight excluding hydrogens is 468 g/mol. The molecule has 11 nitrogen and oxygen atoms in total. The smallest absolute Gasteiger partial charge is 0.263 e. The third-order valence-electron chi connectivity index (χ3n) is 6.84. The van der Waals surface area contributed by atoms with Gasteiger partial charge in [0.2, 0.25) is 0 Å². The number of rotatable bonds is 4. The van der Waals surface area contributed by atoms with E-state index in [1.54, 1.807) is 18.6 Å².